The minimum Gasteiger partial charge on any atom is -0.352 e. The van der Waals surface area contributed by atoms with Gasteiger partial charge < -0.3 is 4.90 Å². The highest BCUT2D eigenvalue weighted by molar-refractivity contribution is 5.58. The molecule has 0 saturated carbocycles. The van der Waals surface area contributed by atoms with E-state index in [4.69, 9.17) is 0 Å². The maximum absolute atomic E-state index is 9.43. The average Bonchev–Trinajstić information content (AvgIpc) is 2.38. The predicted molar refractivity (Wildman–Crippen MR) is 73.7 cm³/mol. The van der Waals surface area contributed by atoms with Crippen molar-refractivity contribution in [1.29, 1.82) is 5.26 Å². The highest BCUT2D eigenvalue weighted by Gasteiger charge is 2.19. The summed E-state index contributed by atoms with van der Waals surface area (Å²) in [4.78, 5) is 2.12. The Balaban J connectivity index is 3.42. The van der Waals surface area contributed by atoms with Gasteiger partial charge in [0.15, 0.2) is 5.82 Å². The summed E-state index contributed by atoms with van der Waals surface area (Å²) in [6, 6.07) is 2.63. The van der Waals surface area contributed by atoms with Crippen LogP contribution in [-0.4, -0.2) is 22.8 Å². The van der Waals surface area contributed by atoms with Gasteiger partial charge in [-0.15, -0.1) is 5.10 Å². The Labute approximate surface area is 110 Å². The summed E-state index contributed by atoms with van der Waals surface area (Å²) in [6.07, 6.45) is 1.64. The van der Waals surface area contributed by atoms with Gasteiger partial charge in [-0.05, 0) is 39.2 Å². The van der Waals surface area contributed by atoms with Gasteiger partial charge in [0.25, 0.3) is 0 Å². The molecule has 0 aliphatic heterocycles. The van der Waals surface area contributed by atoms with E-state index >= 15 is 0 Å². The van der Waals surface area contributed by atoms with Crippen LogP contribution in [0.5, 0.6) is 0 Å². The standard InChI is InChI=1S/C14H22N4/c1-6-11-12(9-15)14(17-16-13(11)7-2)18(8-3)10(4)5/h10H,6-8H2,1-5H3. The van der Waals surface area contributed by atoms with E-state index in [9.17, 15) is 5.26 Å². The third-order valence-corrected chi connectivity index (χ3v) is 3.18. The van der Waals surface area contributed by atoms with Crippen LogP contribution in [0.15, 0.2) is 0 Å². The Morgan fingerprint density at radius 1 is 1.17 bits per heavy atom. The fraction of sp³-hybridized carbons (Fsp3) is 0.643. The lowest BCUT2D eigenvalue weighted by molar-refractivity contribution is 0.680. The molecule has 0 fully saturated rings. The maximum Gasteiger partial charge on any atom is 0.169 e. The molecule has 0 aromatic carbocycles. The second-order valence-corrected chi connectivity index (χ2v) is 4.52. The van der Waals surface area contributed by atoms with Crippen LogP contribution in [0.3, 0.4) is 0 Å². The third-order valence-electron chi connectivity index (χ3n) is 3.18. The first-order valence-electron chi connectivity index (χ1n) is 6.65. The zero-order valence-electron chi connectivity index (χ0n) is 12.0. The molecule has 1 rings (SSSR count). The molecule has 98 valence electrons. The largest absolute Gasteiger partial charge is 0.352 e. The zero-order valence-corrected chi connectivity index (χ0v) is 12.0. The lowest BCUT2D eigenvalue weighted by Crippen LogP contribution is -2.32. The van der Waals surface area contributed by atoms with E-state index < -0.39 is 0 Å². The van der Waals surface area contributed by atoms with Crippen LogP contribution in [0.1, 0.15) is 51.4 Å². The summed E-state index contributed by atoms with van der Waals surface area (Å²) < 4.78 is 0. The molecule has 4 heteroatoms. The summed E-state index contributed by atoms with van der Waals surface area (Å²) in [5.41, 5.74) is 2.68. The molecule has 0 atom stereocenters. The van der Waals surface area contributed by atoms with Gasteiger partial charge in [0, 0.05) is 12.6 Å². The smallest absolute Gasteiger partial charge is 0.169 e. The van der Waals surface area contributed by atoms with Gasteiger partial charge in [0.2, 0.25) is 0 Å². The first-order chi connectivity index (χ1) is 8.60. The predicted octanol–water partition coefficient (Wildman–Crippen LogP) is 2.71. The van der Waals surface area contributed by atoms with Gasteiger partial charge in [0.05, 0.1) is 5.69 Å². The number of nitriles is 1. The number of anilines is 1. The minimum absolute atomic E-state index is 0.314. The summed E-state index contributed by atoms with van der Waals surface area (Å²) >= 11 is 0. The molecule has 4 nitrogen and oxygen atoms in total. The van der Waals surface area contributed by atoms with E-state index in [1.807, 2.05) is 6.92 Å². The second-order valence-electron chi connectivity index (χ2n) is 4.52. The SMILES string of the molecule is CCc1nnc(N(CC)C(C)C)c(C#N)c1CC. The van der Waals surface area contributed by atoms with Crippen molar-refractivity contribution in [2.24, 2.45) is 0 Å². The number of hydrogen-bond donors (Lipinski definition) is 0. The summed E-state index contributed by atoms with van der Waals surface area (Å²) in [6.45, 7) is 11.2. The van der Waals surface area contributed by atoms with Gasteiger partial charge in [-0.3, -0.25) is 0 Å². The van der Waals surface area contributed by atoms with Crippen molar-refractivity contribution in [1.82, 2.24) is 10.2 Å². The van der Waals surface area contributed by atoms with Crippen molar-refractivity contribution < 1.29 is 0 Å². The van der Waals surface area contributed by atoms with E-state index in [1.54, 1.807) is 0 Å². The highest BCUT2D eigenvalue weighted by Crippen LogP contribution is 2.24. The van der Waals surface area contributed by atoms with E-state index in [0.717, 1.165) is 36.5 Å². The van der Waals surface area contributed by atoms with E-state index in [1.165, 1.54) is 0 Å². The summed E-state index contributed by atoms with van der Waals surface area (Å²) in [5.74, 6) is 0.726. The van der Waals surface area contributed by atoms with Gasteiger partial charge >= 0.3 is 0 Å². The molecular formula is C14H22N4. The van der Waals surface area contributed by atoms with Crippen molar-refractivity contribution in [3.63, 3.8) is 0 Å². The Morgan fingerprint density at radius 2 is 1.83 bits per heavy atom. The van der Waals surface area contributed by atoms with Crippen LogP contribution in [0, 0.1) is 11.3 Å². The molecule has 0 amide bonds. The number of aromatic nitrogens is 2. The van der Waals surface area contributed by atoms with Crippen molar-refractivity contribution in [2.75, 3.05) is 11.4 Å². The first-order valence-corrected chi connectivity index (χ1v) is 6.65. The van der Waals surface area contributed by atoms with Crippen molar-refractivity contribution in [2.45, 2.75) is 53.5 Å². The molecule has 0 aliphatic rings. The van der Waals surface area contributed by atoms with E-state index in [-0.39, 0.29) is 0 Å². The number of rotatable bonds is 5. The molecule has 1 heterocycles. The lowest BCUT2D eigenvalue weighted by atomic mass is 10.0. The van der Waals surface area contributed by atoms with E-state index in [0.29, 0.717) is 11.6 Å². The fourth-order valence-corrected chi connectivity index (χ4v) is 2.24. The van der Waals surface area contributed by atoms with Crippen molar-refractivity contribution in [3.8, 4) is 6.07 Å². The Morgan fingerprint density at radius 3 is 2.22 bits per heavy atom. The van der Waals surface area contributed by atoms with Crippen LogP contribution in [0.2, 0.25) is 0 Å². The molecule has 0 saturated heterocycles. The van der Waals surface area contributed by atoms with Gasteiger partial charge in [-0.25, -0.2) is 0 Å². The minimum atomic E-state index is 0.314. The second kappa shape index (κ2) is 6.34. The van der Waals surface area contributed by atoms with Crippen LogP contribution in [0.4, 0.5) is 5.82 Å². The third kappa shape index (κ3) is 2.61. The molecule has 1 aromatic heterocycles. The quantitative estimate of drug-likeness (QED) is 0.801. The molecule has 1 aromatic rings. The molecule has 0 unspecified atom stereocenters. The number of nitrogens with zero attached hydrogens (tertiary/aromatic N) is 4. The van der Waals surface area contributed by atoms with Crippen LogP contribution in [0.25, 0.3) is 0 Å². The maximum atomic E-state index is 9.43. The van der Waals surface area contributed by atoms with Crippen LogP contribution in [-0.2, 0) is 12.8 Å². The molecule has 0 N–H and O–H groups in total. The molecular weight excluding hydrogens is 224 g/mol. The summed E-state index contributed by atoms with van der Waals surface area (Å²) in [7, 11) is 0. The monoisotopic (exact) mass is 246 g/mol. The Bertz CT molecular complexity index is 446. The Kier molecular flexibility index (Phi) is 5.08. The van der Waals surface area contributed by atoms with Crippen LogP contribution >= 0.6 is 0 Å². The van der Waals surface area contributed by atoms with Gasteiger partial charge in [-0.2, -0.15) is 10.4 Å². The first kappa shape index (κ1) is 14.4. The molecule has 0 spiro atoms. The number of hydrogen-bond acceptors (Lipinski definition) is 4. The molecule has 0 bridgehead atoms. The topological polar surface area (TPSA) is 52.8 Å². The van der Waals surface area contributed by atoms with E-state index in [2.05, 4.69) is 48.9 Å². The molecule has 0 radical (unpaired) electrons. The summed E-state index contributed by atoms with van der Waals surface area (Å²) in [5, 5.41) is 18.0. The average molecular weight is 246 g/mol. The van der Waals surface area contributed by atoms with Gasteiger partial charge in [-0.1, -0.05) is 13.8 Å². The lowest BCUT2D eigenvalue weighted by Gasteiger charge is -2.27. The van der Waals surface area contributed by atoms with Gasteiger partial charge in [0.1, 0.15) is 11.6 Å². The van der Waals surface area contributed by atoms with Crippen molar-refractivity contribution >= 4 is 5.82 Å². The normalized spacial score (nSPS) is 10.5. The molecule has 0 aliphatic carbocycles. The van der Waals surface area contributed by atoms with Crippen molar-refractivity contribution in [3.05, 3.63) is 16.8 Å². The fourth-order valence-electron chi connectivity index (χ4n) is 2.24. The Hall–Kier alpha value is -1.63. The number of aryl methyl sites for hydroxylation is 1. The highest BCUT2D eigenvalue weighted by atomic mass is 15.3. The van der Waals surface area contributed by atoms with Crippen LogP contribution < -0.4 is 4.90 Å². The molecule has 18 heavy (non-hydrogen) atoms. The zero-order chi connectivity index (χ0) is 13.7.